The maximum Gasteiger partial charge on any atom is 0.265 e. The fraction of sp³-hybridized carbons (Fsp3) is 0.278. The Morgan fingerprint density at radius 2 is 1.91 bits per heavy atom. The third kappa shape index (κ3) is 4.63. The van der Waals surface area contributed by atoms with Crippen molar-refractivity contribution < 1.29 is 9.53 Å². The van der Waals surface area contributed by atoms with E-state index in [4.69, 9.17) is 27.9 Å². The highest BCUT2D eigenvalue weighted by molar-refractivity contribution is 6.35. The summed E-state index contributed by atoms with van der Waals surface area (Å²) in [5.74, 6) is 0.460. The Labute approximate surface area is 146 Å². The Morgan fingerprint density at radius 1 is 1.17 bits per heavy atom. The van der Waals surface area contributed by atoms with E-state index in [9.17, 15) is 4.79 Å². The molecule has 2 aromatic carbocycles. The summed E-state index contributed by atoms with van der Waals surface area (Å²) in [4.78, 5) is 12.5. The second kappa shape index (κ2) is 7.71. The predicted molar refractivity (Wildman–Crippen MR) is 95.7 cm³/mol. The van der Waals surface area contributed by atoms with E-state index >= 15 is 0 Å². The van der Waals surface area contributed by atoms with Crippen LogP contribution in [0.1, 0.15) is 24.5 Å². The summed E-state index contributed by atoms with van der Waals surface area (Å²) in [6, 6.07) is 10.8. The summed E-state index contributed by atoms with van der Waals surface area (Å²) in [5.41, 5.74) is 2.55. The number of aryl methyl sites for hydroxylation is 2. The number of benzene rings is 2. The van der Waals surface area contributed by atoms with E-state index in [-0.39, 0.29) is 5.91 Å². The minimum Gasteiger partial charge on any atom is -0.480 e. The third-order valence-corrected chi connectivity index (χ3v) is 4.03. The molecule has 3 nitrogen and oxygen atoms in total. The van der Waals surface area contributed by atoms with Crippen LogP contribution in [0.2, 0.25) is 10.0 Å². The van der Waals surface area contributed by atoms with Gasteiger partial charge in [-0.2, -0.15) is 0 Å². The first-order valence-corrected chi connectivity index (χ1v) is 8.16. The van der Waals surface area contributed by atoms with Crippen LogP contribution in [0.4, 0.5) is 5.69 Å². The maximum atomic E-state index is 12.5. The van der Waals surface area contributed by atoms with Crippen molar-refractivity contribution in [1.29, 1.82) is 0 Å². The van der Waals surface area contributed by atoms with Gasteiger partial charge >= 0.3 is 0 Å². The van der Waals surface area contributed by atoms with Crippen LogP contribution >= 0.6 is 23.2 Å². The van der Waals surface area contributed by atoms with E-state index in [0.717, 1.165) is 11.1 Å². The molecule has 0 radical (unpaired) electrons. The number of ether oxygens (including phenoxy) is 1. The van der Waals surface area contributed by atoms with E-state index < -0.39 is 6.10 Å². The molecule has 2 aromatic rings. The summed E-state index contributed by atoms with van der Waals surface area (Å²) in [6.07, 6.45) is -0.0669. The van der Waals surface area contributed by atoms with Gasteiger partial charge in [0, 0.05) is 5.02 Å². The fourth-order valence-corrected chi connectivity index (χ4v) is 2.45. The molecule has 0 aliphatic carbocycles. The summed E-state index contributed by atoms with van der Waals surface area (Å²) in [7, 11) is 0. The monoisotopic (exact) mass is 351 g/mol. The van der Waals surface area contributed by atoms with Crippen molar-refractivity contribution >= 4 is 34.8 Å². The van der Waals surface area contributed by atoms with Crippen molar-refractivity contribution in [1.82, 2.24) is 0 Å². The van der Waals surface area contributed by atoms with Gasteiger partial charge in [-0.15, -0.1) is 0 Å². The molecule has 23 heavy (non-hydrogen) atoms. The van der Waals surface area contributed by atoms with Crippen LogP contribution in [-0.2, 0) is 4.79 Å². The van der Waals surface area contributed by atoms with Crippen molar-refractivity contribution in [2.75, 3.05) is 5.32 Å². The van der Waals surface area contributed by atoms with E-state index in [1.807, 2.05) is 39.0 Å². The number of hydrogen-bond acceptors (Lipinski definition) is 2. The maximum absolute atomic E-state index is 12.5. The van der Waals surface area contributed by atoms with Crippen molar-refractivity contribution in [2.24, 2.45) is 0 Å². The average molecular weight is 352 g/mol. The van der Waals surface area contributed by atoms with Gasteiger partial charge in [0.2, 0.25) is 0 Å². The largest absolute Gasteiger partial charge is 0.480 e. The van der Waals surface area contributed by atoms with Gasteiger partial charge in [-0.1, -0.05) is 42.3 Å². The third-order valence-electron chi connectivity index (χ3n) is 3.46. The molecule has 1 amide bonds. The van der Waals surface area contributed by atoms with Crippen molar-refractivity contribution in [3.63, 3.8) is 0 Å². The standard InChI is InChI=1S/C18H19Cl2NO2/c1-4-16(23-17-9-11(2)5-6-12(17)3)18(22)21-15-10-13(19)7-8-14(15)20/h5-10,16H,4H2,1-3H3,(H,21,22)/t16-/m1/s1. The van der Waals surface area contributed by atoms with Gasteiger partial charge < -0.3 is 10.1 Å². The molecule has 5 heteroatoms. The van der Waals surface area contributed by atoms with Crippen molar-refractivity contribution in [3.05, 3.63) is 57.6 Å². The molecule has 0 heterocycles. The molecule has 0 bridgehead atoms. The Morgan fingerprint density at radius 3 is 2.61 bits per heavy atom. The predicted octanol–water partition coefficient (Wildman–Crippen LogP) is 5.41. The van der Waals surface area contributed by atoms with Crippen LogP contribution in [0.25, 0.3) is 0 Å². The lowest BCUT2D eigenvalue weighted by molar-refractivity contribution is -0.122. The normalized spacial score (nSPS) is 11.9. The highest BCUT2D eigenvalue weighted by Gasteiger charge is 2.20. The minimum atomic E-state index is -0.606. The molecule has 0 aromatic heterocycles. The first-order valence-electron chi connectivity index (χ1n) is 7.40. The van der Waals surface area contributed by atoms with Crippen LogP contribution in [0.5, 0.6) is 5.75 Å². The summed E-state index contributed by atoms with van der Waals surface area (Å²) in [5, 5.41) is 3.72. The first kappa shape index (κ1) is 17.6. The van der Waals surface area contributed by atoms with Crippen LogP contribution < -0.4 is 10.1 Å². The second-order valence-corrected chi connectivity index (χ2v) is 6.24. The lowest BCUT2D eigenvalue weighted by Crippen LogP contribution is -2.32. The van der Waals surface area contributed by atoms with Gasteiger partial charge in [-0.05, 0) is 55.7 Å². The Hall–Kier alpha value is -1.71. The molecule has 0 saturated heterocycles. The molecule has 0 aliphatic heterocycles. The summed E-state index contributed by atoms with van der Waals surface area (Å²) < 4.78 is 5.89. The number of nitrogens with one attached hydrogen (secondary N) is 1. The van der Waals surface area contributed by atoms with Crippen LogP contribution in [0, 0.1) is 13.8 Å². The van der Waals surface area contributed by atoms with Gasteiger partial charge in [0.1, 0.15) is 5.75 Å². The topological polar surface area (TPSA) is 38.3 Å². The number of hydrogen-bond donors (Lipinski definition) is 1. The van der Waals surface area contributed by atoms with Crippen molar-refractivity contribution in [2.45, 2.75) is 33.3 Å². The number of halogens is 2. The van der Waals surface area contributed by atoms with Crippen LogP contribution in [0.3, 0.4) is 0 Å². The first-order chi connectivity index (χ1) is 10.9. The lowest BCUT2D eigenvalue weighted by atomic mass is 10.1. The smallest absolute Gasteiger partial charge is 0.265 e. The number of amides is 1. The van der Waals surface area contributed by atoms with Gasteiger partial charge in [0.05, 0.1) is 10.7 Å². The summed E-state index contributed by atoms with van der Waals surface area (Å²) >= 11 is 12.0. The SMILES string of the molecule is CC[C@@H](Oc1cc(C)ccc1C)C(=O)Nc1cc(Cl)ccc1Cl. The van der Waals surface area contributed by atoms with Gasteiger partial charge in [0.15, 0.2) is 6.10 Å². The fourth-order valence-electron chi connectivity index (χ4n) is 2.12. The van der Waals surface area contributed by atoms with E-state index in [1.165, 1.54) is 0 Å². The number of carbonyl (C=O) groups excluding carboxylic acids is 1. The quantitative estimate of drug-likeness (QED) is 0.782. The van der Waals surface area contributed by atoms with E-state index in [1.54, 1.807) is 18.2 Å². The van der Waals surface area contributed by atoms with Gasteiger partial charge in [-0.3, -0.25) is 4.79 Å². The molecule has 1 atom stereocenters. The molecule has 0 fully saturated rings. The molecule has 122 valence electrons. The molecule has 0 aliphatic rings. The number of rotatable bonds is 5. The Bertz CT molecular complexity index is 716. The second-order valence-electron chi connectivity index (χ2n) is 5.40. The van der Waals surface area contributed by atoms with Crippen LogP contribution in [0.15, 0.2) is 36.4 Å². The van der Waals surface area contributed by atoms with Crippen molar-refractivity contribution in [3.8, 4) is 5.75 Å². The Kier molecular flexibility index (Phi) is 5.91. The van der Waals surface area contributed by atoms with Gasteiger partial charge in [-0.25, -0.2) is 0 Å². The summed E-state index contributed by atoms with van der Waals surface area (Å²) in [6.45, 7) is 5.83. The highest BCUT2D eigenvalue weighted by atomic mass is 35.5. The zero-order valence-corrected chi connectivity index (χ0v) is 14.8. The lowest BCUT2D eigenvalue weighted by Gasteiger charge is -2.19. The zero-order chi connectivity index (χ0) is 17.0. The molecular weight excluding hydrogens is 333 g/mol. The number of anilines is 1. The van der Waals surface area contributed by atoms with Crippen LogP contribution in [-0.4, -0.2) is 12.0 Å². The molecule has 0 unspecified atom stereocenters. The molecule has 2 rings (SSSR count). The molecular formula is C18H19Cl2NO2. The highest BCUT2D eigenvalue weighted by Crippen LogP contribution is 2.26. The molecule has 0 spiro atoms. The van der Waals surface area contributed by atoms with E-state index in [2.05, 4.69) is 5.32 Å². The average Bonchev–Trinajstić information content (AvgIpc) is 2.51. The van der Waals surface area contributed by atoms with E-state index in [0.29, 0.717) is 27.9 Å². The minimum absolute atomic E-state index is 0.252. The molecule has 0 saturated carbocycles. The Balaban J connectivity index is 2.15. The van der Waals surface area contributed by atoms with Gasteiger partial charge in [0.25, 0.3) is 5.91 Å². The zero-order valence-electron chi connectivity index (χ0n) is 13.3. The molecule has 1 N–H and O–H groups in total. The number of carbonyl (C=O) groups is 1.